The summed E-state index contributed by atoms with van der Waals surface area (Å²) in [6.45, 7) is 14.1. The highest BCUT2D eigenvalue weighted by atomic mass is 32.1. The smallest absolute Gasteiger partial charge is 0.287 e. The number of nitrogens with zero attached hydrogens (tertiary/aromatic N) is 11. The molecule has 0 saturated carbocycles. The van der Waals surface area contributed by atoms with E-state index in [4.69, 9.17) is 18.9 Å². The highest BCUT2D eigenvalue weighted by Gasteiger charge is 2.37. The summed E-state index contributed by atoms with van der Waals surface area (Å²) in [4.78, 5) is 96.3. The second-order valence-corrected chi connectivity index (χ2v) is 41.2. The zero-order chi connectivity index (χ0) is 95.0. The van der Waals surface area contributed by atoms with Crippen LogP contribution in [0, 0.1) is 13.8 Å². The average Bonchev–Trinajstić information content (AvgIpc) is 1.66. The summed E-state index contributed by atoms with van der Waals surface area (Å²) in [5.74, 6) is 3.50. The second kappa shape index (κ2) is 45.4. The predicted octanol–water partition coefficient (Wildman–Crippen LogP) is 23.0. The highest BCUT2D eigenvalue weighted by Crippen LogP contribution is 2.41. The number of benzene rings is 10. The monoisotopic (exact) mass is 1920 g/mol. The van der Waals surface area contributed by atoms with Gasteiger partial charge in [0.1, 0.15) is 28.7 Å². The van der Waals surface area contributed by atoms with E-state index in [0.29, 0.717) is 5.01 Å². The molecule has 0 radical (unpaired) electrons. The maximum atomic E-state index is 13.7. The number of carbonyl (C=O) groups is 5. The van der Waals surface area contributed by atoms with Crippen LogP contribution in [0.25, 0.3) is 50.6 Å². The van der Waals surface area contributed by atoms with Gasteiger partial charge >= 0.3 is 0 Å². The number of fused-ring (bicyclic) bond motifs is 5. The van der Waals surface area contributed by atoms with Crippen LogP contribution in [0.15, 0.2) is 254 Å². The van der Waals surface area contributed by atoms with Crippen molar-refractivity contribution in [3.63, 3.8) is 0 Å². The molecular weight excluding hydrogens is 1800 g/mol. The number of aromatic hydroxyl groups is 1. The van der Waals surface area contributed by atoms with Gasteiger partial charge in [-0.2, -0.15) is 0 Å². The van der Waals surface area contributed by atoms with E-state index in [9.17, 15) is 29.1 Å². The number of thiazole rings is 1. The number of methoxy groups -OCH3 is 4. The van der Waals surface area contributed by atoms with Crippen LogP contribution < -0.4 is 43.4 Å². The molecule has 1 N–H and O–H groups in total. The van der Waals surface area contributed by atoms with Crippen molar-refractivity contribution in [3.05, 3.63) is 290 Å². The Morgan fingerprint density at radius 2 is 0.632 bits per heavy atom. The van der Waals surface area contributed by atoms with Gasteiger partial charge in [-0.1, -0.05) is 103 Å². The third kappa shape index (κ3) is 23.5. The van der Waals surface area contributed by atoms with E-state index in [1.165, 1.54) is 22.5 Å². The lowest BCUT2D eigenvalue weighted by Crippen LogP contribution is -2.46. The predicted molar refractivity (Wildman–Crippen MR) is 563 cm³/mol. The van der Waals surface area contributed by atoms with Crippen molar-refractivity contribution in [1.82, 2.24) is 29.5 Å². The Kier molecular flexibility index (Phi) is 32.4. The zero-order valence-electron chi connectivity index (χ0n) is 79.4. The topological polar surface area (TPSA) is 188 Å². The first-order valence-corrected chi connectivity index (χ1v) is 51.0. The third-order valence-corrected chi connectivity index (χ3v) is 31.7. The average molecular weight is 1920 g/mol. The minimum atomic E-state index is -0.0287. The molecule has 10 heterocycles. The van der Waals surface area contributed by atoms with E-state index in [-0.39, 0.29) is 65.5 Å². The first-order valence-electron chi connectivity index (χ1n) is 46.8. The van der Waals surface area contributed by atoms with Gasteiger partial charge in [0.2, 0.25) is 0 Å². The van der Waals surface area contributed by atoms with E-state index < -0.39 is 0 Å². The molecule has 5 aromatic heterocycles. The number of piperidine rings is 5. The van der Waals surface area contributed by atoms with Gasteiger partial charge < -0.3 is 73.1 Å². The third-order valence-electron chi connectivity index (χ3n) is 26.4. The number of carbonyl (C=O) groups excluding carboxylic acids is 5. The molecule has 0 aliphatic carbocycles. The lowest BCUT2D eigenvalue weighted by Gasteiger charge is -2.37. The first-order chi connectivity index (χ1) is 66.0. The Morgan fingerprint density at radius 1 is 0.316 bits per heavy atom. The molecule has 26 heteroatoms. The molecule has 5 saturated heterocycles. The Morgan fingerprint density at radius 3 is 1.00 bits per heavy atom. The van der Waals surface area contributed by atoms with Crippen LogP contribution in [0.4, 0.5) is 28.4 Å². The molecule has 0 unspecified atom stereocenters. The summed E-state index contributed by atoms with van der Waals surface area (Å²) < 4.78 is 27.2. The summed E-state index contributed by atoms with van der Waals surface area (Å²) in [6.07, 6.45) is 9.61. The number of hydrogen-bond acceptors (Lipinski definition) is 21. The number of para-hydroxylation sites is 1. The highest BCUT2D eigenvalue weighted by molar-refractivity contribution is 7.22. The van der Waals surface area contributed by atoms with Gasteiger partial charge in [0, 0.05) is 119 Å². The van der Waals surface area contributed by atoms with Crippen LogP contribution in [0.1, 0.15) is 125 Å². The van der Waals surface area contributed by atoms with Gasteiger partial charge in [-0.15, -0.1) is 56.7 Å². The molecule has 5 amide bonds. The number of aryl methyl sites for hydroxylation is 2. The van der Waals surface area contributed by atoms with Gasteiger partial charge in [-0.25, -0.2) is 4.98 Å². The molecule has 15 aromatic rings. The maximum absolute atomic E-state index is 13.7. The Hall–Kier alpha value is -11.9. The van der Waals surface area contributed by atoms with E-state index in [1.807, 2.05) is 206 Å². The molecule has 10 aromatic carbocycles. The fraction of sp³-hybridized carbons (Fsp3) is 0.327. The van der Waals surface area contributed by atoms with E-state index in [0.717, 1.165) is 252 Å². The standard InChI is InChI=1S/C23H26N2O2S.3C22H24N2O2S.C21H23N3O2S/c1-16-7-8-17-14-22(28-21(17)13-16)23(26)25(18-9-11-24(2)12-10-18)19-5-4-6-20(15-19)27-3;1-23-12-10-16(11-13-23)24(17-6-5-7-18(14-17)26-2)22(25)20-15-27-21-9-4-3-8-19(20)21;1-23-12-10-17(11-13-23)24(18-7-5-8-19(15-18)26-2)22(25)21-14-16-6-3-4-9-20(16)27-21;1-15-6-7-16-13-21(27-20(16)12-15)22(26)24(17-8-10-23(2)11-9-17)18-4-3-5-19(25)14-18;1-23-12-10-15(11-13-23)24(16-6-5-7-17(14-16)26-2)21(25)20-22-18-8-3-4-9-19(18)27-20/h4-8,13-15,18H,9-12H2,1-3H3;3-9,14-16H,10-13H2,1-2H3;3-9,14-15,17H,10-13H2,1-2H3;3-7,12-14,17,25H,8-11H2,1-2H3;3-9,14-15H,10-13H2,1-2H3. The molecule has 5 aliphatic heterocycles. The summed E-state index contributed by atoms with van der Waals surface area (Å²) in [6, 6.07) is 82.1. The van der Waals surface area contributed by atoms with Crippen molar-refractivity contribution in [2.75, 3.05) is 154 Å². The molecule has 0 bridgehead atoms. The number of aromatic nitrogens is 1. The Balaban J connectivity index is 0.000000123. The van der Waals surface area contributed by atoms with E-state index in [1.54, 1.807) is 92.0 Å². The van der Waals surface area contributed by atoms with Crippen LogP contribution in [-0.4, -0.2) is 223 Å². The van der Waals surface area contributed by atoms with Gasteiger partial charge in [0.05, 0.1) is 58.9 Å². The van der Waals surface area contributed by atoms with Crippen molar-refractivity contribution in [2.45, 2.75) is 108 Å². The molecule has 0 spiro atoms. The zero-order valence-corrected chi connectivity index (χ0v) is 83.4. The molecule has 0 atom stereocenters. The number of amides is 5. The largest absolute Gasteiger partial charge is 0.508 e. The minimum absolute atomic E-state index is 0.0222. The van der Waals surface area contributed by atoms with Crippen molar-refractivity contribution in [2.24, 2.45) is 0 Å². The molecule has 706 valence electrons. The van der Waals surface area contributed by atoms with E-state index >= 15 is 0 Å². The number of thiophene rings is 4. The van der Waals surface area contributed by atoms with Gasteiger partial charge in [0.25, 0.3) is 29.5 Å². The van der Waals surface area contributed by atoms with Crippen molar-refractivity contribution in [3.8, 4) is 28.7 Å². The molecule has 20 rings (SSSR count). The van der Waals surface area contributed by atoms with Crippen LogP contribution in [0.5, 0.6) is 28.7 Å². The van der Waals surface area contributed by atoms with Crippen molar-refractivity contribution >= 4 is 165 Å². The van der Waals surface area contributed by atoms with Crippen LogP contribution in [0.2, 0.25) is 0 Å². The Bertz CT molecular complexity index is 6390. The minimum Gasteiger partial charge on any atom is -0.508 e. The normalized spacial score (nSPS) is 15.8. The molecule has 21 nitrogen and oxygen atoms in total. The number of likely N-dealkylation sites (tertiary alicyclic amines) is 5. The lowest BCUT2D eigenvalue weighted by atomic mass is 10.0. The van der Waals surface area contributed by atoms with E-state index in [2.05, 4.69) is 133 Å². The Labute approximate surface area is 817 Å². The summed E-state index contributed by atoms with van der Waals surface area (Å²) in [5, 5.41) is 16.9. The molecular formula is C110H121N11O10S5. The number of anilines is 5. The van der Waals surface area contributed by atoms with Crippen LogP contribution >= 0.6 is 56.7 Å². The number of ether oxygens (including phenoxy) is 4. The van der Waals surface area contributed by atoms with Crippen molar-refractivity contribution < 1.29 is 48.0 Å². The van der Waals surface area contributed by atoms with Gasteiger partial charge in [-0.05, 0) is 321 Å². The lowest BCUT2D eigenvalue weighted by molar-refractivity contribution is 0.0956. The fourth-order valence-electron chi connectivity index (χ4n) is 18.7. The molecule has 5 fully saturated rings. The summed E-state index contributed by atoms with van der Waals surface area (Å²) in [5.41, 5.74) is 8.44. The first kappa shape index (κ1) is 97.2. The van der Waals surface area contributed by atoms with Crippen LogP contribution in [-0.2, 0) is 0 Å². The van der Waals surface area contributed by atoms with Crippen LogP contribution in [0.3, 0.4) is 0 Å². The quantitative estimate of drug-likeness (QED) is 0.0804. The number of hydrogen-bond donors (Lipinski definition) is 1. The summed E-state index contributed by atoms with van der Waals surface area (Å²) in [7, 11) is 17.3. The summed E-state index contributed by atoms with van der Waals surface area (Å²) >= 11 is 7.79. The van der Waals surface area contributed by atoms with Gasteiger partial charge in [-0.3, -0.25) is 24.0 Å². The number of phenolic OH excluding ortho intramolecular Hbond substituents is 1. The SMILES string of the molecule is COc1cccc(N(C(=O)c2cc3ccc(C)cc3s2)C2CCN(C)CC2)c1.COc1cccc(N(C(=O)c2cc3ccccc3s2)C2CCN(C)CC2)c1.COc1cccc(N(C(=O)c2csc3ccccc23)C2CCN(C)CC2)c1.COc1cccc(N(C(=O)c2nc3ccccc3s2)C2CCN(C)CC2)c1.Cc1ccc2cc(C(=O)N(c3cccc(O)c3)C3CCN(C)CC3)sc2c1. The van der Waals surface area contributed by atoms with Crippen molar-refractivity contribution in [1.29, 1.82) is 0 Å². The molecule has 136 heavy (non-hydrogen) atoms. The maximum Gasteiger partial charge on any atom is 0.287 e. The van der Waals surface area contributed by atoms with Gasteiger partial charge in [0.15, 0.2) is 5.01 Å². The number of phenols is 1. The number of rotatable bonds is 19. The molecule has 5 aliphatic rings. The second-order valence-electron chi connectivity index (χ2n) is 36.0. The fourth-order valence-corrected chi connectivity index (χ4v) is 23.7.